The van der Waals surface area contributed by atoms with Gasteiger partial charge in [0.05, 0.1) is 5.88 Å². The van der Waals surface area contributed by atoms with E-state index < -0.39 is 0 Å². The number of anilines is 1. The maximum atomic E-state index is 4.15. The standard InChI is InChI=1S/C11H14N4S/c1-2-5-12-11(4-1)13-6-3-7-14-15-8-9-16-10-15/h1-6,8-9,14H,7,10H2,(H,12,13). The summed E-state index contributed by atoms with van der Waals surface area (Å²) in [6.45, 7) is 0.796. The molecule has 0 spiro atoms. The summed E-state index contributed by atoms with van der Waals surface area (Å²) in [7, 11) is 0. The van der Waals surface area contributed by atoms with E-state index in [9.17, 15) is 0 Å². The van der Waals surface area contributed by atoms with Crippen LogP contribution >= 0.6 is 11.8 Å². The maximum Gasteiger partial charge on any atom is 0.129 e. The highest BCUT2D eigenvalue weighted by Crippen LogP contribution is 2.11. The summed E-state index contributed by atoms with van der Waals surface area (Å²) in [4.78, 5) is 4.15. The molecule has 0 radical (unpaired) electrons. The van der Waals surface area contributed by atoms with Gasteiger partial charge in [0.1, 0.15) is 5.82 Å². The van der Waals surface area contributed by atoms with Crippen LogP contribution in [-0.4, -0.2) is 22.4 Å². The van der Waals surface area contributed by atoms with E-state index in [0.717, 1.165) is 18.2 Å². The molecule has 0 aromatic carbocycles. The predicted molar refractivity (Wildman–Crippen MR) is 68.4 cm³/mol. The normalized spacial score (nSPS) is 14.9. The Bertz CT molecular complexity index is 364. The highest BCUT2D eigenvalue weighted by atomic mass is 32.2. The number of nitrogens with zero attached hydrogens (tertiary/aromatic N) is 2. The Balaban J connectivity index is 1.64. The molecule has 0 unspecified atom stereocenters. The lowest BCUT2D eigenvalue weighted by molar-refractivity contribution is 0.339. The third-order valence-corrected chi connectivity index (χ3v) is 2.72. The maximum absolute atomic E-state index is 4.15. The van der Waals surface area contributed by atoms with Crippen molar-refractivity contribution >= 4 is 17.6 Å². The zero-order valence-electron chi connectivity index (χ0n) is 8.84. The number of hydrogen-bond donors (Lipinski definition) is 2. The van der Waals surface area contributed by atoms with E-state index in [-0.39, 0.29) is 0 Å². The van der Waals surface area contributed by atoms with Crippen molar-refractivity contribution in [3.63, 3.8) is 0 Å². The zero-order chi connectivity index (χ0) is 11.1. The second-order valence-electron chi connectivity index (χ2n) is 3.17. The molecule has 1 aliphatic rings. The first-order valence-corrected chi connectivity index (χ1v) is 6.11. The Hall–Kier alpha value is -1.46. The Morgan fingerprint density at radius 2 is 2.50 bits per heavy atom. The molecule has 1 aliphatic heterocycles. The third-order valence-electron chi connectivity index (χ3n) is 1.98. The lowest BCUT2D eigenvalue weighted by Crippen LogP contribution is -2.31. The van der Waals surface area contributed by atoms with Gasteiger partial charge in [-0.3, -0.25) is 0 Å². The van der Waals surface area contributed by atoms with Crippen molar-refractivity contribution < 1.29 is 0 Å². The van der Waals surface area contributed by atoms with E-state index in [4.69, 9.17) is 0 Å². The number of hydrogen-bond acceptors (Lipinski definition) is 5. The van der Waals surface area contributed by atoms with Gasteiger partial charge in [0, 0.05) is 18.9 Å². The molecule has 5 heteroatoms. The summed E-state index contributed by atoms with van der Waals surface area (Å²) >= 11 is 1.78. The van der Waals surface area contributed by atoms with Crippen LogP contribution in [0.3, 0.4) is 0 Å². The summed E-state index contributed by atoms with van der Waals surface area (Å²) in [5, 5.41) is 7.22. The van der Waals surface area contributed by atoms with Crippen LogP contribution in [0.4, 0.5) is 5.82 Å². The quantitative estimate of drug-likeness (QED) is 0.815. The van der Waals surface area contributed by atoms with E-state index in [0.29, 0.717) is 0 Å². The van der Waals surface area contributed by atoms with E-state index in [1.165, 1.54) is 0 Å². The first kappa shape index (κ1) is 11.0. The molecule has 0 bridgehead atoms. The molecule has 0 aliphatic carbocycles. The van der Waals surface area contributed by atoms with Crippen LogP contribution in [0.15, 0.2) is 48.3 Å². The van der Waals surface area contributed by atoms with Crippen molar-refractivity contribution in [3.05, 3.63) is 48.3 Å². The Kier molecular flexibility index (Phi) is 4.27. The molecular formula is C11H14N4S. The SMILES string of the molecule is C(=CNc1ccccn1)CNN1C=CSC1. The summed E-state index contributed by atoms with van der Waals surface area (Å²) in [5.41, 5.74) is 3.25. The molecule has 2 N–H and O–H groups in total. The van der Waals surface area contributed by atoms with E-state index in [1.54, 1.807) is 18.0 Å². The minimum absolute atomic E-state index is 0.796. The van der Waals surface area contributed by atoms with Gasteiger partial charge in [-0.2, -0.15) is 0 Å². The fourth-order valence-corrected chi connectivity index (χ4v) is 1.86. The molecule has 0 fully saturated rings. The number of aromatic nitrogens is 1. The van der Waals surface area contributed by atoms with Crippen LogP contribution in [0.5, 0.6) is 0 Å². The van der Waals surface area contributed by atoms with Gasteiger partial charge >= 0.3 is 0 Å². The molecule has 1 aromatic heterocycles. The van der Waals surface area contributed by atoms with Gasteiger partial charge in [-0.1, -0.05) is 12.1 Å². The van der Waals surface area contributed by atoms with Gasteiger partial charge in [-0.25, -0.2) is 10.4 Å². The van der Waals surface area contributed by atoms with E-state index in [2.05, 4.69) is 26.1 Å². The van der Waals surface area contributed by atoms with Gasteiger partial charge in [-0.05, 0) is 23.7 Å². The minimum Gasteiger partial charge on any atom is -0.347 e. The second-order valence-corrected chi connectivity index (χ2v) is 4.04. The lowest BCUT2D eigenvalue weighted by Gasteiger charge is -2.14. The average molecular weight is 234 g/mol. The number of thioether (sulfide) groups is 1. The molecule has 84 valence electrons. The monoisotopic (exact) mass is 234 g/mol. The van der Waals surface area contributed by atoms with Crippen molar-refractivity contribution in [2.75, 3.05) is 17.7 Å². The first-order valence-electron chi connectivity index (χ1n) is 5.06. The molecule has 0 atom stereocenters. The average Bonchev–Trinajstić information content (AvgIpc) is 2.83. The van der Waals surface area contributed by atoms with Crippen LogP contribution in [0.1, 0.15) is 0 Å². The summed E-state index contributed by atoms with van der Waals surface area (Å²) < 4.78 is 0. The summed E-state index contributed by atoms with van der Waals surface area (Å²) in [6, 6.07) is 5.78. The van der Waals surface area contributed by atoms with Crippen molar-refractivity contribution in [2.24, 2.45) is 0 Å². The van der Waals surface area contributed by atoms with Gasteiger partial charge in [0.2, 0.25) is 0 Å². The molecule has 16 heavy (non-hydrogen) atoms. The highest BCUT2D eigenvalue weighted by Gasteiger charge is 2.00. The van der Waals surface area contributed by atoms with Crippen LogP contribution in [-0.2, 0) is 0 Å². The molecule has 2 rings (SSSR count). The number of hydrazine groups is 1. The van der Waals surface area contributed by atoms with Gasteiger partial charge in [0.25, 0.3) is 0 Å². The molecule has 0 saturated carbocycles. The zero-order valence-corrected chi connectivity index (χ0v) is 9.65. The predicted octanol–water partition coefficient (Wildman–Crippen LogP) is 1.99. The number of pyridine rings is 1. The molecular weight excluding hydrogens is 220 g/mol. The lowest BCUT2D eigenvalue weighted by atomic mass is 10.4. The smallest absolute Gasteiger partial charge is 0.129 e. The fraction of sp³-hybridized carbons (Fsp3) is 0.182. The molecule has 2 heterocycles. The fourth-order valence-electron chi connectivity index (χ4n) is 1.20. The number of rotatable bonds is 5. The molecule has 0 amide bonds. The van der Waals surface area contributed by atoms with Crippen LogP contribution in [0.25, 0.3) is 0 Å². The third kappa shape index (κ3) is 3.60. The minimum atomic E-state index is 0.796. The van der Waals surface area contributed by atoms with E-state index in [1.807, 2.05) is 36.7 Å². The van der Waals surface area contributed by atoms with Crippen LogP contribution in [0, 0.1) is 0 Å². The molecule has 0 saturated heterocycles. The van der Waals surface area contributed by atoms with Gasteiger partial charge in [0.15, 0.2) is 0 Å². The molecule has 1 aromatic rings. The molecule has 4 nitrogen and oxygen atoms in total. The summed E-state index contributed by atoms with van der Waals surface area (Å²) in [6.07, 6.45) is 7.71. The van der Waals surface area contributed by atoms with Crippen molar-refractivity contribution in [2.45, 2.75) is 0 Å². The topological polar surface area (TPSA) is 40.2 Å². The highest BCUT2D eigenvalue weighted by molar-refractivity contribution is 8.02. The van der Waals surface area contributed by atoms with Gasteiger partial charge in [-0.15, -0.1) is 11.8 Å². The number of nitrogens with one attached hydrogen (secondary N) is 2. The first-order chi connectivity index (χ1) is 7.95. The van der Waals surface area contributed by atoms with Gasteiger partial charge < -0.3 is 10.3 Å². The van der Waals surface area contributed by atoms with Crippen LogP contribution < -0.4 is 10.7 Å². The Labute approximate surface area is 99.4 Å². The van der Waals surface area contributed by atoms with Crippen molar-refractivity contribution in [1.82, 2.24) is 15.4 Å². The summed E-state index contributed by atoms with van der Waals surface area (Å²) in [5.74, 6) is 1.83. The largest absolute Gasteiger partial charge is 0.347 e. The Morgan fingerprint density at radius 3 is 3.25 bits per heavy atom. The van der Waals surface area contributed by atoms with Crippen LogP contribution in [0.2, 0.25) is 0 Å². The Morgan fingerprint density at radius 1 is 1.50 bits per heavy atom. The van der Waals surface area contributed by atoms with E-state index >= 15 is 0 Å². The van der Waals surface area contributed by atoms with Crippen molar-refractivity contribution in [3.8, 4) is 0 Å². The van der Waals surface area contributed by atoms with Crippen molar-refractivity contribution in [1.29, 1.82) is 0 Å². The second kappa shape index (κ2) is 6.19.